The van der Waals surface area contributed by atoms with E-state index in [2.05, 4.69) is 4.42 Å². The smallest absolute Gasteiger partial charge is 0.449 e. The maximum Gasteiger partial charge on any atom is 0.449 e. The van der Waals surface area contributed by atoms with E-state index in [0.717, 1.165) is 6.07 Å². The molecule has 0 saturated carbocycles. The molecular formula is C6H7ClF3NO. The molecule has 0 aromatic carbocycles. The summed E-state index contributed by atoms with van der Waals surface area (Å²) in [4.78, 5) is 0. The molecule has 2 N–H and O–H groups in total. The summed E-state index contributed by atoms with van der Waals surface area (Å²) in [6, 6.07) is 2.07. The SMILES string of the molecule is Cl.NCc1ccc(C(F)(F)F)o1. The highest BCUT2D eigenvalue weighted by molar-refractivity contribution is 5.85. The van der Waals surface area contributed by atoms with Crippen LogP contribution in [0.3, 0.4) is 0 Å². The quantitative estimate of drug-likeness (QED) is 0.757. The van der Waals surface area contributed by atoms with Crippen LogP contribution in [0.2, 0.25) is 0 Å². The van der Waals surface area contributed by atoms with Crippen molar-refractivity contribution < 1.29 is 17.6 Å². The zero-order valence-electron chi connectivity index (χ0n) is 5.89. The maximum atomic E-state index is 11.8. The van der Waals surface area contributed by atoms with Gasteiger partial charge in [0.1, 0.15) is 5.76 Å². The fraction of sp³-hybridized carbons (Fsp3) is 0.333. The zero-order chi connectivity index (χ0) is 8.48. The first-order valence-electron chi connectivity index (χ1n) is 2.90. The van der Waals surface area contributed by atoms with Crippen molar-refractivity contribution in [1.29, 1.82) is 0 Å². The average Bonchev–Trinajstić information content (AvgIpc) is 2.32. The van der Waals surface area contributed by atoms with Crippen LogP contribution in [-0.2, 0) is 12.7 Å². The minimum Gasteiger partial charge on any atom is -0.455 e. The Balaban J connectivity index is 0.00000121. The third-order valence-electron chi connectivity index (χ3n) is 1.14. The van der Waals surface area contributed by atoms with Gasteiger partial charge in [0.25, 0.3) is 0 Å². The highest BCUT2D eigenvalue weighted by Crippen LogP contribution is 2.30. The Morgan fingerprint density at radius 2 is 1.92 bits per heavy atom. The van der Waals surface area contributed by atoms with Crippen molar-refractivity contribution in [2.24, 2.45) is 5.73 Å². The molecule has 2 nitrogen and oxygen atoms in total. The van der Waals surface area contributed by atoms with E-state index in [1.54, 1.807) is 0 Å². The van der Waals surface area contributed by atoms with Gasteiger partial charge in [-0.25, -0.2) is 0 Å². The summed E-state index contributed by atoms with van der Waals surface area (Å²) in [6.45, 7) is -0.0178. The summed E-state index contributed by atoms with van der Waals surface area (Å²) in [5.41, 5.74) is 5.05. The van der Waals surface area contributed by atoms with Crippen LogP contribution in [0, 0.1) is 0 Å². The van der Waals surface area contributed by atoms with E-state index in [1.165, 1.54) is 6.07 Å². The van der Waals surface area contributed by atoms with Crippen molar-refractivity contribution in [1.82, 2.24) is 0 Å². The number of nitrogens with two attached hydrogens (primary N) is 1. The lowest BCUT2D eigenvalue weighted by Crippen LogP contribution is -2.02. The summed E-state index contributed by atoms with van der Waals surface area (Å²) < 4.78 is 39.8. The van der Waals surface area contributed by atoms with Gasteiger partial charge in [0.15, 0.2) is 0 Å². The Bertz CT molecular complexity index is 245. The molecule has 0 unspecified atom stereocenters. The van der Waals surface area contributed by atoms with Gasteiger partial charge in [-0.1, -0.05) is 0 Å². The third kappa shape index (κ3) is 2.42. The van der Waals surface area contributed by atoms with Crippen molar-refractivity contribution in [3.05, 3.63) is 23.7 Å². The Morgan fingerprint density at radius 3 is 2.17 bits per heavy atom. The fourth-order valence-electron chi connectivity index (χ4n) is 0.640. The number of halogens is 4. The number of furan rings is 1. The molecule has 0 atom stereocenters. The number of alkyl halides is 3. The molecule has 1 rings (SSSR count). The molecular weight excluding hydrogens is 195 g/mol. The predicted octanol–water partition coefficient (Wildman–Crippen LogP) is 2.18. The van der Waals surface area contributed by atoms with Gasteiger partial charge in [-0.05, 0) is 12.1 Å². The monoisotopic (exact) mass is 201 g/mol. The average molecular weight is 202 g/mol. The molecule has 0 amide bonds. The van der Waals surface area contributed by atoms with Crippen LogP contribution in [0.25, 0.3) is 0 Å². The minimum absolute atomic E-state index is 0. The van der Waals surface area contributed by atoms with Crippen LogP contribution in [-0.4, -0.2) is 0 Å². The van der Waals surface area contributed by atoms with Crippen molar-refractivity contribution in [2.75, 3.05) is 0 Å². The first-order chi connectivity index (χ1) is 5.04. The fourth-order valence-corrected chi connectivity index (χ4v) is 0.640. The molecule has 0 saturated heterocycles. The second kappa shape index (κ2) is 3.82. The minimum atomic E-state index is -4.41. The van der Waals surface area contributed by atoms with E-state index in [1.807, 2.05) is 0 Å². The van der Waals surface area contributed by atoms with Crippen molar-refractivity contribution in [3.8, 4) is 0 Å². The molecule has 0 bridgehead atoms. The Kier molecular flexibility index (Phi) is 3.60. The number of hydrogen-bond donors (Lipinski definition) is 1. The number of hydrogen-bond acceptors (Lipinski definition) is 2. The summed E-state index contributed by atoms with van der Waals surface area (Å²) in [5, 5.41) is 0. The first kappa shape index (κ1) is 11.3. The molecule has 1 aromatic rings. The summed E-state index contributed by atoms with van der Waals surface area (Å²) in [5.74, 6) is -0.865. The van der Waals surface area contributed by atoms with Gasteiger partial charge < -0.3 is 10.2 Å². The molecule has 12 heavy (non-hydrogen) atoms. The first-order valence-corrected chi connectivity index (χ1v) is 2.90. The molecule has 0 aliphatic carbocycles. The van der Waals surface area contributed by atoms with Crippen LogP contribution >= 0.6 is 12.4 Å². The molecule has 0 fully saturated rings. The van der Waals surface area contributed by atoms with E-state index in [-0.39, 0.29) is 24.7 Å². The lowest BCUT2D eigenvalue weighted by molar-refractivity contribution is -0.153. The second-order valence-corrected chi connectivity index (χ2v) is 1.97. The van der Waals surface area contributed by atoms with E-state index in [4.69, 9.17) is 5.73 Å². The lowest BCUT2D eigenvalue weighted by atomic mass is 10.4. The van der Waals surface area contributed by atoms with Gasteiger partial charge in [0.2, 0.25) is 5.76 Å². The van der Waals surface area contributed by atoms with Crippen molar-refractivity contribution in [2.45, 2.75) is 12.7 Å². The highest BCUT2D eigenvalue weighted by atomic mass is 35.5. The predicted molar refractivity (Wildman–Crippen MR) is 38.8 cm³/mol. The van der Waals surface area contributed by atoms with Crippen LogP contribution < -0.4 is 5.73 Å². The lowest BCUT2D eigenvalue weighted by Gasteiger charge is -1.99. The van der Waals surface area contributed by atoms with E-state index < -0.39 is 11.9 Å². The largest absolute Gasteiger partial charge is 0.455 e. The molecule has 0 radical (unpaired) electrons. The summed E-state index contributed by atoms with van der Waals surface area (Å²) >= 11 is 0. The Hall–Kier alpha value is -0.680. The molecule has 70 valence electrons. The standard InChI is InChI=1S/C6H6F3NO.ClH/c7-6(8,9)5-2-1-4(3-10)11-5;/h1-2H,3,10H2;1H. The van der Waals surface area contributed by atoms with Crippen LogP contribution in [0.4, 0.5) is 13.2 Å². The molecule has 0 spiro atoms. The summed E-state index contributed by atoms with van der Waals surface area (Å²) in [6.07, 6.45) is -4.41. The van der Waals surface area contributed by atoms with Gasteiger partial charge in [-0.2, -0.15) is 13.2 Å². The van der Waals surface area contributed by atoms with Crippen molar-refractivity contribution in [3.63, 3.8) is 0 Å². The zero-order valence-corrected chi connectivity index (χ0v) is 6.71. The molecule has 6 heteroatoms. The van der Waals surface area contributed by atoms with Crippen LogP contribution in [0.1, 0.15) is 11.5 Å². The van der Waals surface area contributed by atoms with E-state index >= 15 is 0 Å². The van der Waals surface area contributed by atoms with E-state index in [0.29, 0.717) is 0 Å². The second-order valence-electron chi connectivity index (χ2n) is 1.97. The van der Waals surface area contributed by atoms with Gasteiger partial charge in [0, 0.05) is 0 Å². The highest BCUT2D eigenvalue weighted by Gasteiger charge is 2.34. The summed E-state index contributed by atoms with van der Waals surface area (Å²) in [7, 11) is 0. The number of rotatable bonds is 1. The van der Waals surface area contributed by atoms with Crippen molar-refractivity contribution >= 4 is 12.4 Å². The molecule has 0 aliphatic rings. The van der Waals surface area contributed by atoms with Gasteiger partial charge in [-0.15, -0.1) is 12.4 Å². The normalized spacial score (nSPS) is 11.0. The molecule has 0 aliphatic heterocycles. The molecule has 1 aromatic heterocycles. The van der Waals surface area contributed by atoms with E-state index in [9.17, 15) is 13.2 Å². The maximum absolute atomic E-state index is 11.8. The van der Waals surface area contributed by atoms with Gasteiger partial charge >= 0.3 is 6.18 Å². The van der Waals surface area contributed by atoms with Crippen LogP contribution in [0.15, 0.2) is 16.5 Å². The van der Waals surface area contributed by atoms with Gasteiger partial charge in [0.05, 0.1) is 6.54 Å². The van der Waals surface area contributed by atoms with Crippen LogP contribution in [0.5, 0.6) is 0 Å². The molecule has 1 heterocycles. The Labute approximate surface area is 72.9 Å². The van der Waals surface area contributed by atoms with Gasteiger partial charge in [-0.3, -0.25) is 0 Å². The third-order valence-corrected chi connectivity index (χ3v) is 1.14. The topological polar surface area (TPSA) is 39.2 Å². The Morgan fingerprint density at radius 1 is 1.33 bits per heavy atom.